The number of hydrogen-bond acceptors (Lipinski definition) is 3. The number of nitrogens with two attached hydrogens (primary N) is 1. The first kappa shape index (κ1) is 17.0. The number of aryl methyl sites for hydroxylation is 1. The van der Waals surface area contributed by atoms with Gasteiger partial charge in [-0.3, -0.25) is 4.79 Å². The van der Waals surface area contributed by atoms with Crippen molar-refractivity contribution in [1.29, 1.82) is 0 Å². The predicted octanol–water partition coefficient (Wildman–Crippen LogP) is 2.36. The molecule has 0 spiro atoms. The molecule has 3 N–H and O–H groups in total. The zero-order chi connectivity index (χ0) is 13.7. The Morgan fingerprint density at radius 1 is 1.40 bits per heavy atom. The normalized spacial score (nSPS) is 17.1. The van der Waals surface area contributed by atoms with Gasteiger partial charge in [0.15, 0.2) is 0 Å². The quantitative estimate of drug-likeness (QED) is 0.897. The predicted molar refractivity (Wildman–Crippen MR) is 83.2 cm³/mol. The SMILES string of the molecule is CCc1cccc(NC(=O)C2(CN)CCOCC2)c1.Cl. The monoisotopic (exact) mass is 298 g/mol. The van der Waals surface area contributed by atoms with Crippen molar-refractivity contribution in [2.75, 3.05) is 25.1 Å². The van der Waals surface area contributed by atoms with Crippen molar-refractivity contribution in [1.82, 2.24) is 0 Å². The summed E-state index contributed by atoms with van der Waals surface area (Å²) in [6.45, 7) is 3.69. The average Bonchev–Trinajstić information content (AvgIpc) is 2.48. The van der Waals surface area contributed by atoms with E-state index in [9.17, 15) is 4.79 Å². The molecular weight excluding hydrogens is 276 g/mol. The summed E-state index contributed by atoms with van der Waals surface area (Å²) in [5.74, 6) is 0.0200. The van der Waals surface area contributed by atoms with Crippen LogP contribution in [0.3, 0.4) is 0 Å². The van der Waals surface area contributed by atoms with Crippen LogP contribution in [0, 0.1) is 5.41 Å². The number of halogens is 1. The van der Waals surface area contributed by atoms with Crippen LogP contribution in [-0.2, 0) is 16.0 Å². The molecule has 0 saturated carbocycles. The second kappa shape index (κ2) is 7.62. The van der Waals surface area contributed by atoms with Crippen LogP contribution in [0.5, 0.6) is 0 Å². The van der Waals surface area contributed by atoms with Gasteiger partial charge in [-0.15, -0.1) is 12.4 Å². The minimum atomic E-state index is -0.472. The van der Waals surface area contributed by atoms with Crippen LogP contribution in [-0.4, -0.2) is 25.7 Å². The Morgan fingerprint density at radius 3 is 2.70 bits per heavy atom. The number of carbonyl (C=O) groups is 1. The first-order chi connectivity index (χ1) is 9.20. The van der Waals surface area contributed by atoms with Gasteiger partial charge >= 0.3 is 0 Å². The van der Waals surface area contributed by atoms with Gasteiger partial charge < -0.3 is 15.8 Å². The van der Waals surface area contributed by atoms with E-state index in [0.717, 1.165) is 12.1 Å². The molecule has 5 heteroatoms. The number of benzene rings is 1. The summed E-state index contributed by atoms with van der Waals surface area (Å²) >= 11 is 0. The standard InChI is InChI=1S/C15H22N2O2.ClH/c1-2-12-4-3-5-13(10-12)17-14(18)15(11-16)6-8-19-9-7-15;/h3-5,10H,2,6-9,11,16H2,1H3,(H,17,18);1H. The summed E-state index contributed by atoms with van der Waals surface area (Å²) in [6.07, 6.45) is 2.35. The molecule has 1 aromatic carbocycles. The summed E-state index contributed by atoms with van der Waals surface area (Å²) in [5.41, 5.74) is 7.43. The van der Waals surface area contributed by atoms with Crippen molar-refractivity contribution in [2.45, 2.75) is 26.2 Å². The fourth-order valence-electron chi connectivity index (χ4n) is 2.42. The van der Waals surface area contributed by atoms with Gasteiger partial charge in [-0.25, -0.2) is 0 Å². The van der Waals surface area contributed by atoms with Crippen LogP contribution in [0.2, 0.25) is 0 Å². The smallest absolute Gasteiger partial charge is 0.232 e. The highest BCUT2D eigenvalue weighted by Crippen LogP contribution is 2.31. The average molecular weight is 299 g/mol. The van der Waals surface area contributed by atoms with Crippen LogP contribution in [0.15, 0.2) is 24.3 Å². The van der Waals surface area contributed by atoms with E-state index in [4.69, 9.17) is 10.5 Å². The van der Waals surface area contributed by atoms with Gasteiger partial charge in [0.2, 0.25) is 5.91 Å². The third kappa shape index (κ3) is 3.72. The van der Waals surface area contributed by atoms with Crippen LogP contribution in [0.4, 0.5) is 5.69 Å². The number of ether oxygens (including phenoxy) is 1. The van der Waals surface area contributed by atoms with Gasteiger partial charge in [0.05, 0.1) is 5.41 Å². The molecule has 1 aliphatic rings. The Labute approximate surface area is 126 Å². The minimum absolute atomic E-state index is 0. The molecule has 112 valence electrons. The zero-order valence-electron chi connectivity index (χ0n) is 11.9. The lowest BCUT2D eigenvalue weighted by atomic mass is 9.79. The lowest BCUT2D eigenvalue weighted by Crippen LogP contribution is -2.46. The molecule has 0 aliphatic carbocycles. The van der Waals surface area contributed by atoms with Crippen molar-refractivity contribution in [3.05, 3.63) is 29.8 Å². The zero-order valence-corrected chi connectivity index (χ0v) is 12.7. The number of anilines is 1. The first-order valence-electron chi connectivity index (χ1n) is 6.88. The van der Waals surface area contributed by atoms with Gasteiger partial charge in [-0.05, 0) is 37.0 Å². The third-order valence-electron chi connectivity index (χ3n) is 3.92. The van der Waals surface area contributed by atoms with E-state index in [1.165, 1.54) is 5.56 Å². The number of nitrogens with one attached hydrogen (secondary N) is 1. The van der Waals surface area contributed by atoms with E-state index < -0.39 is 5.41 Å². The summed E-state index contributed by atoms with van der Waals surface area (Å²) in [7, 11) is 0. The molecule has 20 heavy (non-hydrogen) atoms. The lowest BCUT2D eigenvalue weighted by molar-refractivity contribution is -0.130. The maximum Gasteiger partial charge on any atom is 0.232 e. The van der Waals surface area contributed by atoms with E-state index in [0.29, 0.717) is 32.6 Å². The molecule has 0 aromatic heterocycles. The van der Waals surface area contributed by atoms with E-state index in [1.54, 1.807) is 0 Å². The second-order valence-corrected chi connectivity index (χ2v) is 5.10. The highest BCUT2D eigenvalue weighted by molar-refractivity contribution is 5.95. The second-order valence-electron chi connectivity index (χ2n) is 5.10. The Kier molecular flexibility index (Phi) is 6.46. The van der Waals surface area contributed by atoms with Crippen LogP contribution in [0.1, 0.15) is 25.3 Å². The van der Waals surface area contributed by atoms with Gasteiger partial charge in [-0.2, -0.15) is 0 Å². The van der Waals surface area contributed by atoms with E-state index >= 15 is 0 Å². The third-order valence-corrected chi connectivity index (χ3v) is 3.92. The van der Waals surface area contributed by atoms with Crippen LogP contribution < -0.4 is 11.1 Å². The molecule has 0 bridgehead atoms. The summed E-state index contributed by atoms with van der Waals surface area (Å²) in [6, 6.07) is 7.96. The molecule has 1 fully saturated rings. The Balaban J connectivity index is 0.00000200. The fourth-order valence-corrected chi connectivity index (χ4v) is 2.42. The molecule has 0 unspecified atom stereocenters. The molecule has 1 amide bonds. The molecule has 2 rings (SSSR count). The Bertz CT molecular complexity index is 445. The lowest BCUT2D eigenvalue weighted by Gasteiger charge is -2.34. The fraction of sp³-hybridized carbons (Fsp3) is 0.533. The molecule has 1 saturated heterocycles. The van der Waals surface area contributed by atoms with Gasteiger partial charge in [-0.1, -0.05) is 19.1 Å². The summed E-state index contributed by atoms with van der Waals surface area (Å²) in [4.78, 5) is 12.5. The maximum absolute atomic E-state index is 12.5. The van der Waals surface area contributed by atoms with E-state index in [1.807, 2.05) is 18.2 Å². The summed E-state index contributed by atoms with van der Waals surface area (Å²) < 4.78 is 5.33. The summed E-state index contributed by atoms with van der Waals surface area (Å²) in [5, 5.41) is 3.00. The van der Waals surface area contributed by atoms with Crippen molar-refractivity contribution in [2.24, 2.45) is 11.1 Å². The van der Waals surface area contributed by atoms with Gasteiger partial charge in [0.1, 0.15) is 0 Å². The molecule has 1 heterocycles. The van der Waals surface area contributed by atoms with Crippen molar-refractivity contribution in [3.63, 3.8) is 0 Å². The van der Waals surface area contributed by atoms with Crippen molar-refractivity contribution >= 4 is 24.0 Å². The molecule has 1 aliphatic heterocycles. The molecule has 4 nitrogen and oxygen atoms in total. The van der Waals surface area contributed by atoms with Crippen LogP contribution >= 0.6 is 12.4 Å². The maximum atomic E-state index is 12.5. The van der Waals surface area contributed by atoms with E-state index in [-0.39, 0.29) is 18.3 Å². The number of carbonyl (C=O) groups excluding carboxylic acids is 1. The highest BCUT2D eigenvalue weighted by Gasteiger charge is 2.38. The largest absolute Gasteiger partial charge is 0.381 e. The first-order valence-corrected chi connectivity index (χ1v) is 6.88. The molecule has 0 atom stereocenters. The van der Waals surface area contributed by atoms with Crippen LogP contribution in [0.25, 0.3) is 0 Å². The minimum Gasteiger partial charge on any atom is -0.381 e. The van der Waals surface area contributed by atoms with Gasteiger partial charge in [0, 0.05) is 25.4 Å². The molecule has 0 radical (unpaired) electrons. The highest BCUT2D eigenvalue weighted by atomic mass is 35.5. The topological polar surface area (TPSA) is 64.4 Å². The Morgan fingerprint density at radius 2 is 2.10 bits per heavy atom. The van der Waals surface area contributed by atoms with Crippen molar-refractivity contribution in [3.8, 4) is 0 Å². The Hall–Kier alpha value is -1.10. The van der Waals surface area contributed by atoms with E-state index in [2.05, 4.69) is 18.3 Å². The number of amides is 1. The van der Waals surface area contributed by atoms with Crippen molar-refractivity contribution < 1.29 is 9.53 Å². The number of rotatable bonds is 4. The molecular formula is C15H23ClN2O2. The number of hydrogen-bond donors (Lipinski definition) is 2. The molecule has 1 aromatic rings. The van der Waals surface area contributed by atoms with Gasteiger partial charge in [0.25, 0.3) is 0 Å².